The van der Waals surface area contributed by atoms with Gasteiger partial charge in [-0.2, -0.15) is 0 Å². The van der Waals surface area contributed by atoms with Crippen LogP contribution in [0.1, 0.15) is 58.5 Å². The van der Waals surface area contributed by atoms with Crippen molar-refractivity contribution >= 4 is 40.7 Å². The van der Waals surface area contributed by atoms with Gasteiger partial charge in [-0.25, -0.2) is 19.6 Å². The van der Waals surface area contributed by atoms with Crippen molar-refractivity contribution in [2.24, 2.45) is 0 Å². The highest BCUT2D eigenvalue weighted by Gasteiger charge is 2.30. The summed E-state index contributed by atoms with van der Waals surface area (Å²) in [5.41, 5.74) is 1.38. The number of nitrogens with one attached hydrogen (secondary N) is 1. The number of hydrogen-bond donors (Lipinski definition) is 1. The summed E-state index contributed by atoms with van der Waals surface area (Å²) < 4.78 is 5.19. The van der Waals surface area contributed by atoms with Crippen LogP contribution < -0.4 is 10.2 Å². The molecule has 10 nitrogen and oxygen atoms in total. The molecular formula is C29H34N6O4S. The molecule has 0 radical (unpaired) electrons. The molecule has 2 aliphatic heterocycles. The van der Waals surface area contributed by atoms with Crippen molar-refractivity contribution in [1.82, 2.24) is 19.8 Å². The molecule has 210 valence electrons. The van der Waals surface area contributed by atoms with Crippen LogP contribution in [0.25, 0.3) is 0 Å². The smallest absolute Gasteiger partial charge is 0.338 e. The van der Waals surface area contributed by atoms with Crippen molar-refractivity contribution in [3.05, 3.63) is 70.3 Å². The van der Waals surface area contributed by atoms with Gasteiger partial charge in [-0.3, -0.25) is 4.79 Å². The SMILES string of the molecule is CC(C)OC(=O)c1ccc(NC(=O)c2csc(C3CCN(C(=O)N4CCN(c5ccccn5)CC4)CC3)n2)cc1. The summed E-state index contributed by atoms with van der Waals surface area (Å²) in [7, 11) is 0. The van der Waals surface area contributed by atoms with Crippen LogP contribution in [0.2, 0.25) is 0 Å². The van der Waals surface area contributed by atoms with Gasteiger partial charge in [-0.05, 0) is 63.1 Å². The number of aromatic nitrogens is 2. The molecule has 1 aromatic carbocycles. The van der Waals surface area contributed by atoms with Gasteiger partial charge in [0, 0.05) is 62.5 Å². The molecule has 1 N–H and O–H groups in total. The van der Waals surface area contributed by atoms with E-state index >= 15 is 0 Å². The lowest BCUT2D eigenvalue weighted by molar-refractivity contribution is 0.0378. The summed E-state index contributed by atoms with van der Waals surface area (Å²) in [6, 6.07) is 12.6. The summed E-state index contributed by atoms with van der Waals surface area (Å²) in [6.45, 7) is 7.87. The molecular weight excluding hydrogens is 528 g/mol. The predicted octanol–water partition coefficient (Wildman–Crippen LogP) is 4.48. The van der Waals surface area contributed by atoms with E-state index in [9.17, 15) is 14.4 Å². The number of nitrogens with zero attached hydrogens (tertiary/aromatic N) is 5. The molecule has 0 atom stereocenters. The summed E-state index contributed by atoms with van der Waals surface area (Å²) in [5, 5.41) is 5.54. The fraction of sp³-hybridized carbons (Fsp3) is 0.414. The number of hydrogen-bond acceptors (Lipinski definition) is 8. The zero-order valence-electron chi connectivity index (χ0n) is 22.8. The lowest BCUT2D eigenvalue weighted by atomic mass is 9.98. The van der Waals surface area contributed by atoms with Gasteiger partial charge in [0.1, 0.15) is 11.5 Å². The molecule has 11 heteroatoms. The predicted molar refractivity (Wildman–Crippen MR) is 154 cm³/mol. The third-order valence-electron chi connectivity index (χ3n) is 7.11. The van der Waals surface area contributed by atoms with E-state index in [-0.39, 0.29) is 24.0 Å². The number of urea groups is 1. The molecule has 0 aliphatic carbocycles. The Morgan fingerprint density at radius 3 is 2.30 bits per heavy atom. The Balaban J connectivity index is 1.09. The lowest BCUT2D eigenvalue weighted by Gasteiger charge is -2.39. The third-order valence-corrected chi connectivity index (χ3v) is 8.12. The monoisotopic (exact) mass is 562 g/mol. The first-order valence-corrected chi connectivity index (χ1v) is 14.5. The summed E-state index contributed by atoms with van der Waals surface area (Å²) in [6.07, 6.45) is 3.24. The van der Waals surface area contributed by atoms with Crippen LogP contribution in [0.15, 0.2) is 54.0 Å². The van der Waals surface area contributed by atoms with Crippen LogP contribution in [0.4, 0.5) is 16.3 Å². The minimum Gasteiger partial charge on any atom is -0.459 e. The van der Waals surface area contributed by atoms with Gasteiger partial charge in [0.25, 0.3) is 5.91 Å². The normalized spacial score (nSPS) is 16.2. The van der Waals surface area contributed by atoms with Gasteiger partial charge in [-0.1, -0.05) is 6.07 Å². The van der Waals surface area contributed by atoms with Gasteiger partial charge in [0.05, 0.1) is 16.7 Å². The van der Waals surface area contributed by atoms with E-state index in [1.54, 1.807) is 49.7 Å². The average molecular weight is 563 g/mol. The summed E-state index contributed by atoms with van der Waals surface area (Å²) >= 11 is 1.48. The summed E-state index contributed by atoms with van der Waals surface area (Å²) in [4.78, 5) is 53.1. The van der Waals surface area contributed by atoms with E-state index < -0.39 is 5.97 Å². The van der Waals surface area contributed by atoms with Crippen LogP contribution in [0.3, 0.4) is 0 Å². The third kappa shape index (κ3) is 6.59. The van der Waals surface area contributed by atoms with E-state index in [4.69, 9.17) is 4.74 Å². The Morgan fingerprint density at radius 1 is 0.950 bits per heavy atom. The van der Waals surface area contributed by atoms with E-state index in [1.807, 2.05) is 28.0 Å². The highest BCUT2D eigenvalue weighted by molar-refractivity contribution is 7.10. The average Bonchev–Trinajstić information content (AvgIpc) is 3.48. The fourth-order valence-corrected chi connectivity index (χ4v) is 5.90. The van der Waals surface area contributed by atoms with Crippen LogP contribution >= 0.6 is 11.3 Å². The van der Waals surface area contributed by atoms with Gasteiger partial charge in [0.2, 0.25) is 0 Å². The van der Waals surface area contributed by atoms with E-state index in [0.717, 1.165) is 36.8 Å². The van der Waals surface area contributed by atoms with Gasteiger partial charge >= 0.3 is 12.0 Å². The standard InChI is InChI=1S/C29H34N6O4S/c1-20(2)39-28(37)22-6-8-23(9-7-22)31-26(36)24-19-40-27(32-24)21-10-13-34(14-11-21)29(38)35-17-15-33(16-18-35)25-5-3-4-12-30-25/h3-9,12,19-21H,10-11,13-18H2,1-2H3,(H,31,36). The van der Waals surface area contributed by atoms with E-state index in [1.165, 1.54) is 11.3 Å². The van der Waals surface area contributed by atoms with Crippen molar-refractivity contribution in [1.29, 1.82) is 0 Å². The van der Waals surface area contributed by atoms with Crippen molar-refractivity contribution in [2.45, 2.75) is 38.7 Å². The first-order chi connectivity index (χ1) is 19.4. The van der Waals surface area contributed by atoms with Crippen molar-refractivity contribution in [2.75, 3.05) is 49.5 Å². The number of pyridine rings is 1. The number of carbonyl (C=O) groups excluding carboxylic acids is 3. The molecule has 2 fully saturated rings. The maximum atomic E-state index is 13.1. The molecule has 0 bridgehead atoms. The number of piperazine rings is 1. The minimum absolute atomic E-state index is 0.0989. The van der Waals surface area contributed by atoms with Crippen molar-refractivity contribution < 1.29 is 19.1 Å². The number of ether oxygens (including phenoxy) is 1. The number of carbonyl (C=O) groups is 3. The van der Waals surface area contributed by atoms with Crippen LogP contribution in [-0.4, -0.2) is 83.0 Å². The zero-order chi connectivity index (χ0) is 28.1. The zero-order valence-corrected chi connectivity index (χ0v) is 23.6. The number of likely N-dealkylation sites (tertiary alicyclic amines) is 1. The molecule has 4 heterocycles. The van der Waals surface area contributed by atoms with Crippen LogP contribution in [0.5, 0.6) is 0 Å². The number of anilines is 2. The molecule has 2 aliphatic rings. The number of thiazole rings is 1. The summed E-state index contributed by atoms with van der Waals surface area (Å²) in [5.74, 6) is 0.488. The molecule has 3 aromatic rings. The largest absolute Gasteiger partial charge is 0.459 e. The maximum absolute atomic E-state index is 13.1. The molecule has 40 heavy (non-hydrogen) atoms. The molecule has 0 unspecified atom stereocenters. The highest BCUT2D eigenvalue weighted by atomic mass is 32.1. The first-order valence-electron chi connectivity index (χ1n) is 13.6. The second kappa shape index (κ2) is 12.5. The van der Waals surface area contributed by atoms with Crippen LogP contribution in [-0.2, 0) is 4.74 Å². The van der Waals surface area contributed by atoms with E-state index in [2.05, 4.69) is 20.2 Å². The molecule has 5 rings (SSSR count). The fourth-order valence-electron chi connectivity index (χ4n) is 4.93. The van der Waals surface area contributed by atoms with Crippen molar-refractivity contribution in [3.8, 4) is 0 Å². The van der Waals surface area contributed by atoms with Gasteiger partial charge in [-0.15, -0.1) is 11.3 Å². The first kappa shape index (κ1) is 27.6. The Bertz CT molecular complexity index is 1310. The minimum atomic E-state index is -0.395. The Kier molecular flexibility index (Phi) is 8.59. The second-order valence-electron chi connectivity index (χ2n) is 10.3. The Morgan fingerprint density at radius 2 is 1.65 bits per heavy atom. The number of benzene rings is 1. The number of amides is 3. The number of esters is 1. The molecule has 0 spiro atoms. The van der Waals surface area contributed by atoms with Gasteiger partial charge < -0.3 is 24.8 Å². The lowest BCUT2D eigenvalue weighted by Crippen LogP contribution is -2.54. The Labute approximate surface area is 238 Å². The molecule has 2 saturated heterocycles. The maximum Gasteiger partial charge on any atom is 0.338 e. The molecule has 2 aromatic heterocycles. The topological polar surface area (TPSA) is 108 Å². The quantitative estimate of drug-likeness (QED) is 0.442. The molecule has 3 amide bonds. The van der Waals surface area contributed by atoms with E-state index in [0.29, 0.717) is 43.1 Å². The van der Waals surface area contributed by atoms with Crippen molar-refractivity contribution in [3.63, 3.8) is 0 Å². The van der Waals surface area contributed by atoms with Gasteiger partial charge in [0.15, 0.2) is 0 Å². The molecule has 0 saturated carbocycles. The number of rotatable bonds is 6. The Hall–Kier alpha value is -3.99. The van der Waals surface area contributed by atoms with Crippen LogP contribution in [0, 0.1) is 0 Å². The highest BCUT2D eigenvalue weighted by Crippen LogP contribution is 2.31. The number of piperidine rings is 1. The second-order valence-corrected chi connectivity index (χ2v) is 11.2.